The number of carbonyl (C=O) groups excluding carboxylic acids is 1. The molecule has 0 aliphatic carbocycles. The van der Waals surface area contributed by atoms with Crippen molar-refractivity contribution >= 4 is 29.0 Å². The average molecular weight is 426 g/mol. The zero-order valence-electron chi connectivity index (χ0n) is 15.1. The Morgan fingerprint density at radius 3 is 2.69 bits per heavy atom. The van der Waals surface area contributed by atoms with Crippen LogP contribution in [0, 0.1) is 5.82 Å². The van der Waals surface area contributed by atoms with Gasteiger partial charge >= 0.3 is 0 Å². The molecule has 3 aromatic heterocycles. The molecule has 29 heavy (non-hydrogen) atoms. The number of nitrogens with zero attached hydrogens (tertiary/aromatic N) is 3. The van der Waals surface area contributed by atoms with Crippen molar-refractivity contribution in [2.45, 2.75) is 11.2 Å². The summed E-state index contributed by atoms with van der Waals surface area (Å²) in [6.45, 7) is 0. The summed E-state index contributed by atoms with van der Waals surface area (Å²) in [6.07, 6.45) is 3.36. The van der Waals surface area contributed by atoms with Gasteiger partial charge in [-0.3, -0.25) is 14.9 Å². The Labute approximate surface area is 174 Å². The number of halogens is 1. The first-order valence-electron chi connectivity index (χ1n) is 8.73. The highest BCUT2D eigenvalue weighted by Crippen LogP contribution is 2.27. The van der Waals surface area contributed by atoms with Crippen molar-refractivity contribution in [3.63, 3.8) is 0 Å². The molecule has 1 unspecified atom stereocenters. The van der Waals surface area contributed by atoms with Crippen LogP contribution in [0.4, 0.5) is 4.39 Å². The normalized spacial score (nSPS) is 11.9. The van der Waals surface area contributed by atoms with Gasteiger partial charge in [-0.15, -0.1) is 16.4 Å². The molecule has 4 aromatic rings. The molecule has 1 amide bonds. The average Bonchev–Trinajstić information content (AvgIpc) is 3.44. The summed E-state index contributed by atoms with van der Waals surface area (Å²) in [5.41, 5.74) is 1.70. The number of amides is 1. The summed E-state index contributed by atoms with van der Waals surface area (Å²) in [5.74, 6) is 0.317. The van der Waals surface area contributed by atoms with E-state index >= 15 is 0 Å². The Kier molecular flexibility index (Phi) is 5.97. The topological polar surface area (TPSA) is 83.6 Å². The third-order valence-electron chi connectivity index (χ3n) is 4.09. The van der Waals surface area contributed by atoms with Crippen molar-refractivity contribution in [3.05, 3.63) is 82.6 Å². The Morgan fingerprint density at radius 1 is 1.17 bits per heavy atom. The first kappa shape index (κ1) is 19.3. The minimum atomic E-state index is -0.330. The maximum Gasteiger partial charge on any atom is 0.231 e. The van der Waals surface area contributed by atoms with E-state index in [9.17, 15) is 9.18 Å². The van der Waals surface area contributed by atoms with E-state index in [1.54, 1.807) is 24.5 Å². The predicted octanol–water partition coefficient (Wildman–Crippen LogP) is 4.07. The van der Waals surface area contributed by atoms with E-state index in [4.69, 9.17) is 0 Å². The van der Waals surface area contributed by atoms with E-state index in [0.717, 1.165) is 16.0 Å². The molecule has 0 aliphatic rings. The third kappa shape index (κ3) is 4.87. The number of benzene rings is 1. The molecule has 4 rings (SSSR count). The molecule has 0 aliphatic heterocycles. The molecule has 9 heteroatoms. The molecule has 0 fully saturated rings. The zero-order valence-corrected chi connectivity index (χ0v) is 16.7. The molecular weight excluding hydrogens is 409 g/mol. The molecule has 0 spiro atoms. The van der Waals surface area contributed by atoms with Gasteiger partial charge in [-0.2, -0.15) is 0 Å². The van der Waals surface area contributed by atoms with Crippen LogP contribution in [-0.2, 0) is 4.79 Å². The number of nitrogens with one attached hydrogen (secondary N) is 2. The van der Waals surface area contributed by atoms with Crippen molar-refractivity contribution < 1.29 is 9.18 Å². The smallest absolute Gasteiger partial charge is 0.231 e. The lowest BCUT2D eigenvalue weighted by molar-refractivity contribution is -0.119. The molecule has 2 N–H and O–H groups in total. The van der Waals surface area contributed by atoms with Crippen LogP contribution >= 0.6 is 23.1 Å². The molecule has 3 heterocycles. The number of aromatic amines is 1. The summed E-state index contributed by atoms with van der Waals surface area (Å²) in [7, 11) is 0. The van der Waals surface area contributed by atoms with E-state index in [1.807, 2.05) is 29.6 Å². The van der Waals surface area contributed by atoms with Crippen molar-refractivity contribution in [2.24, 2.45) is 0 Å². The predicted molar refractivity (Wildman–Crippen MR) is 111 cm³/mol. The minimum Gasteiger partial charge on any atom is -0.344 e. The second-order valence-corrected chi connectivity index (χ2v) is 7.98. The highest BCUT2D eigenvalue weighted by Gasteiger charge is 2.18. The molecule has 146 valence electrons. The van der Waals surface area contributed by atoms with Gasteiger partial charge in [0.1, 0.15) is 5.82 Å². The lowest BCUT2D eigenvalue weighted by atomic mass is 10.1. The molecule has 1 atom stereocenters. The lowest BCUT2D eigenvalue weighted by Crippen LogP contribution is -2.30. The van der Waals surface area contributed by atoms with Gasteiger partial charge in [-0.05, 0) is 41.3 Å². The van der Waals surface area contributed by atoms with Crippen LogP contribution in [0.2, 0.25) is 0 Å². The number of H-pyrrole nitrogens is 1. The Balaban J connectivity index is 1.41. The number of thioether (sulfide) groups is 1. The first-order valence-corrected chi connectivity index (χ1v) is 10.6. The summed E-state index contributed by atoms with van der Waals surface area (Å²) in [4.78, 5) is 21.9. The van der Waals surface area contributed by atoms with Crippen LogP contribution in [0.3, 0.4) is 0 Å². The number of aromatic nitrogens is 4. The molecule has 0 bridgehead atoms. The van der Waals surface area contributed by atoms with E-state index in [-0.39, 0.29) is 23.5 Å². The fourth-order valence-electron chi connectivity index (χ4n) is 2.71. The molecule has 0 radical (unpaired) electrons. The number of hydrogen-bond acceptors (Lipinski definition) is 6. The van der Waals surface area contributed by atoms with Gasteiger partial charge in [0.15, 0.2) is 5.82 Å². The number of pyridine rings is 1. The minimum absolute atomic E-state index is 0.159. The van der Waals surface area contributed by atoms with Crippen molar-refractivity contribution in [3.8, 4) is 11.4 Å². The van der Waals surface area contributed by atoms with E-state index in [2.05, 4.69) is 25.5 Å². The van der Waals surface area contributed by atoms with Crippen LogP contribution in [-0.4, -0.2) is 31.8 Å². The molecule has 0 saturated heterocycles. The molecule has 1 aromatic carbocycles. The Morgan fingerprint density at radius 2 is 1.97 bits per heavy atom. The fourth-order valence-corrected chi connectivity index (χ4v) is 4.12. The van der Waals surface area contributed by atoms with Gasteiger partial charge in [-0.1, -0.05) is 30.0 Å². The summed E-state index contributed by atoms with van der Waals surface area (Å²) in [6, 6.07) is 13.4. The highest BCUT2D eigenvalue weighted by atomic mass is 32.2. The van der Waals surface area contributed by atoms with E-state index < -0.39 is 0 Å². The van der Waals surface area contributed by atoms with Gasteiger partial charge in [0, 0.05) is 22.8 Å². The monoisotopic (exact) mass is 425 g/mol. The number of hydrogen-bond donors (Lipinski definition) is 2. The standard InChI is InChI=1S/C20H16FN5OS2/c21-15-5-3-13(4-6-15)18(16-2-1-11-28-16)23-17(27)12-29-20-24-19(25-26-20)14-7-9-22-10-8-14/h1-11,18H,12H2,(H,23,27)(H,24,25,26). The van der Waals surface area contributed by atoms with Crippen LogP contribution in [0.25, 0.3) is 11.4 Å². The molecular formula is C20H16FN5OS2. The second kappa shape index (κ2) is 8.97. The maximum atomic E-state index is 13.3. The summed E-state index contributed by atoms with van der Waals surface area (Å²) < 4.78 is 13.3. The van der Waals surface area contributed by atoms with Gasteiger partial charge < -0.3 is 5.32 Å². The highest BCUT2D eigenvalue weighted by molar-refractivity contribution is 7.99. The van der Waals surface area contributed by atoms with Crippen LogP contribution in [0.5, 0.6) is 0 Å². The quantitative estimate of drug-likeness (QED) is 0.436. The fraction of sp³-hybridized carbons (Fsp3) is 0.100. The van der Waals surface area contributed by atoms with Gasteiger partial charge in [0.25, 0.3) is 0 Å². The van der Waals surface area contributed by atoms with E-state index in [0.29, 0.717) is 11.0 Å². The molecule has 6 nitrogen and oxygen atoms in total. The van der Waals surface area contributed by atoms with E-state index in [1.165, 1.54) is 35.2 Å². The maximum absolute atomic E-state index is 13.3. The molecule has 0 saturated carbocycles. The largest absolute Gasteiger partial charge is 0.344 e. The van der Waals surface area contributed by atoms with Gasteiger partial charge in [0.05, 0.1) is 11.8 Å². The third-order valence-corrected chi connectivity index (χ3v) is 5.87. The van der Waals surface area contributed by atoms with Crippen molar-refractivity contribution in [1.82, 2.24) is 25.5 Å². The summed E-state index contributed by atoms with van der Waals surface area (Å²) in [5, 5.41) is 12.5. The number of rotatable bonds is 7. The van der Waals surface area contributed by atoms with Crippen molar-refractivity contribution in [2.75, 3.05) is 5.75 Å². The SMILES string of the molecule is O=C(CSc1n[nH]c(-c2ccncc2)n1)NC(c1ccc(F)cc1)c1cccs1. The summed E-state index contributed by atoms with van der Waals surface area (Å²) >= 11 is 2.78. The Bertz CT molecular complexity index is 1070. The number of carbonyl (C=O) groups is 1. The van der Waals surface area contributed by atoms with Crippen LogP contribution in [0.1, 0.15) is 16.5 Å². The van der Waals surface area contributed by atoms with Gasteiger partial charge in [0.2, 0.25) is 11.1 Å². The first-order chi connectivity index (χ1) is 14.2. The van der Waals surface area contributed by atoms with Crippen molar-refractivity contribution in [1.29, 1.82) is 0 Å². The number of thiophene rings is 1. The Hall–Kier alpha value is -3.04. The van der Waals surface area contributed by atoms with Crippen LogP contribution in [0.15, 0.2) is 71.5 Å². The van der Waals surface area contributed by atoms with Crippen LogP contribution < -0.4 is 5.32 Å². The zero-order chi connectivity index (χ0) is 20.1. The second-order valence-electron chi connectivity index (χ2n) is 6.06. The lowest BCUT2D eigenvalue weighted by Gasteiger charge is -2.18. The van der Waals surface area contributed by atoms with Gasteiger partial charge in [-0.25, -0.2) is 9.37 Å².